The highest BCUT2D eigenvalue weighted by Gasteiger charge is 2.63. The van der Waals surface area contributed by atoms with Crippen LogP contribution < -0.4 is 5.32 Å². The van der Waals surface area contributed by atoms with Crippen LogP contribution in [0.15, 0.2) is 0 Å². The Morgan fingerprint density at radius 1 is 1.38 bits per heavy atom. The van der Waals surface area contributed by atoms with Crippen molar-refractivity contribution in [2.45, 2.75) is 37.9 Å². The average molecular weight is 243 g/mol. The van der Waals surface area contributed by atoms with Crippen LogP contribution in [0.25, 0.3) is 0 Å². The molecular formula is C9H10F5NO. The van der Waals surface area contributed by atoms with Gasteiger partial charge in [-0.1, -0.05) is 19.3 Å². The summed E-state index contributed by atoms with van der Waals surface area (Å²) in [5, 5.41) is 1.47. The maximum Gasteiger partial charge on any atom is 0.463 e. The van der Waals surface area contributed by atoms with Crippen molar-refractivity contribution in [2.24, 2.45) is 0 Å². The quantitative estimate of drug-likeness (QED) is 0.594. The molecule has 16 heavy (non-hydrogen) atoms. The maximum absolute atomic E-state index is 12.5. The molecule has 1 N–H and O–H groups in total. The molecule has 0 fully saturated rings. The van der Waals surface area contributed by atoms with Crippen LogP contribution in [-0.2, 0) is 4.79 Å². The highest BCUT2D eigenvalue weighted by molar-refractivity contribution is 5.84. The number of halogens is 5. The zero-order valence-electron chi connectivity index (χ0n) is 8.37. The number of hydrogen-bond donors (Lipinski definition) is 1. The topological polar surface area (TPSA) is 29.1 Å². The first-order chi connectivity index (χ1) is 7.16. The number of rotatable bonds is 4. The van der Waals surface area contributed by atoms with Crippen LogP contribution in [0.3, 0.4) is 0 Å². The van der Waals surface area contributed by atoms with Crippen LogP contribution in [-0.4, -0.2) is 24.0 Å². The SMILES string of the molecule is C#CC(CCC)NC(=O)C(F)(F)C(F)(F)F. The molecule has 0 bridgehead atoms. The van der Waals surface area contributed by atoms with Crippen LogP contribution in [0.4, 0.5) is 22.0 Å². The first-order valence-corrected chi connectivity index (χ1v) is 4.38. The first kappa shape index (κ1) is 14.7. The summed E-state index contributed by atoms with van der Waals surface area (Å²) in [4.78, 5) is 10.7. The van der Waals surface area contributed by atoms with Crippen molar-refractivity contribution in [1.29, 1.82) is 0 Å². The van der Waals surface area contributed by atoms with Gasteiger partial charge in [0.1, 0.15) is 0 Å². The molecule has 0 radical (unpaired) electrons. The molecule has 0 rings (SSSR count). The lowest BCUT2D eigenvalue weighted by Gasteiger charge is -2.20. The minimum atomic E-state index is -5.91. The molecule has 0 aromatic heterocycles. The van der Waals surface area contributed by atoms with Gasteiger partial charge in [0.2, 0.25) is 0 Å². The third-order valence-corrected chi connectivity index (χ3v) is 1.73. The molecule has 0 saturated carbocycles. The van der Waals surface area contributed by atoms with Crippen molar-refractivity contribution < 1.29 is 26.7 Å². The van der Waals surface area contributed by atoms with E-state index in [1.165, 1.54) is 5.32 Å². The van der Waals surface area contributed by atoms with Gasteiger partial charge in [-0.3, -0.25) is 4.79 Å². The summed E-state index contributed by atoms with van der Waals surface area (Å²) in [7, 11) is 0. The van der Waals surface area contributed by atoms with E-state index in [-0.39, 0.29) is 6.42 Å². The summed E-state index contributed by atoms with van der Waals surface area (Å²) in [5.41, 5.74) is 0. The minimum absolute atomic E-state index is 0.135. The Labute approximate surface area is 89.2 Å². The maximum atomic E-state index is 12.5. The molecule has 0 spiro atoms. The van der Waals surface area contributed by atoms with Crippen molar-refractivity contribution in [3.63, 3.8) is 0 Å². The first-order valence-electron chi connectivity index (χ1n) is 4.38. The van der Waals surface area contributed by atoms with Gasteiger partial charge in [-0.05, 0) is 6.42 Å². The lowest BCUT2D eigenvalue weighted by Crippen LogP contribution is -2.52. The molecule has 92 valence electrons. The zero-order valence-corrected chi connectivity index (χ0v) is 8.37. The molecule has 0 aromatic rings. The average Bonchev–Trinajstić information content (AvgIpc) is 2.15. The molecule has 0 heterocycles. The van der Waals surface area contributed by atoms with Gasteiger partial charge >= 0.3 is 18.0 Å². The lowest BCUT2D eigenvalue weighted by molar-refractivity contribution is -0.269. The van der Waals surface area contributed by atoms with Crippen LogP contribution in [0.5, 0.6) is 0 Å². The summed E-state index contributed by atoms with van der Waals surface area (Å²) in [6.45, 7) is 1.65. The largest absolute Gasteiger partial charge is 0.463 e. The van der Waals surface area contributed by atoms with Gasteiger partial charge in [0, 0.05) is 0 Å². The Morgan fingerprint density at radius 2 is 1.88 bits per heavy atom. The Morgan fingerprint density at radius 3 is 2.19 bits per heavy atom. The van der Waals surface area contributed by atoms with E-state index in [2.05, 4.69) is 0 Å². The number of hydrogen-bond acceptors (Lipinski definition) is 1. The van der Waals surface area contributed by atoms with Gasteiger partial charge in [0.15, 0.2) is 0 Å². The standard InChI is InChI=1S/C9H10F5NO/c1-3-5-6(4-2)15-7(16)8(10,11)9(12,13)14/h2,6H,3,5H2,1H3,(H,15,16). The third kappa shape index (κ3) is 3.36. The van der Waals surface area contributed by atoms with Crippen LogP contribution in [0, 0.1) is 12.3 Å². The van der Waals surface area contributed by atoms with Gasteiger partial charge in [0.05, 0.1) is 6.04 Å². The van der Waals surface area contributed by atoms with E-state index in [4.69, 9.17) is 6.42 Å². The molecule has 0 aliphatic rings. The highest BCUT2D eigenvalue weighted by Crippen LogP contribution is 2.35. The molecule has 0 aliphatic heterocycles. The summed E-state index contributed by atoms with van der Waals surface area (Å²) in [5.74, 6) is -5.92. The van der Waals surface area contributed by atoms with Crippen molar-refractivity contribution in [2.75, 3.05) is 0 Å². The Balaban J connectivity index is 4.64. The second kappa shape index (κ2) is 5.14. The van der Waals surface area contributed by atoms with Gasteiger partial charge < -0.3 is 5.32 Å². The van der Waals surface area contributed by atoms with Crippen molar-refractivity contribution >= 4 is 5.91 Å². The Hall–Kier alpha value is -1.32. The number of nitrogens with one attached hydrogen (secondary N) is 1. The van der Waals surface area contributed by atoms with E-state index in [9.17, 15) is 26.7 Å². The molecule has 0 saturated heterocycles. The van der Waals surface area contributed by atoms with Gasteiger partial charge in [-0.15, -0.1) is 6.42 Å². The summed E-state index contributed by atoms with van der Waals surface area (Å²) in [6, 6.07) is -1.12. The zero-order chi connectivity index (χ0) is 13.0. The normalized spacial score (nSPS) is 14.1. The molecule has 0 aromatic carbocycles. The van der Waals surface area contributed by atoms with Gasteiger partial charge in [-0.25, -0.2) is 0 Å². The van der Waals surface area contributed by atoms with E-state index in [1.54, 1.807) is 6.92 Å². The van der Waals surface area contributed by atoms with Crippen LogP contribution >= 0.6 is 0 Å². The smallest absolute Gasteiger partial charge is 0.337 e. The Kier molecular flexibility index (Phi) is 4.72. The monoisotopic (exact) mass is 243 g/mol. The second-order valence-corrected chi connectivity index (χ2v) is 3.05. The van der Waals surface area contributed by atoms with Crippen molar-refractivity contribution in [1.82, 2.24) is 5.32 Å². The van der Waals surface area contributed by atoms with Crippen LogP contribution in [0.1, 0.15) is 19.8 Å². The fraction of sp³-hybridized carbons (Fsp3) is 0.667. The summed E-state index contributed by atoms with van der Waals surface area (Å²) >= 11 is 0. The summed E-state index contributed by atoms with van der Waals surface area (Å²) in [6.07, 6.45) is -0.459. The number of amides is 1. The molecule has 1 unspecified atom stereocenters. The van der Waals surface area contributed by atoms with Crippen LogP contribution in [0.2, 0.25) is 0 Å². The van der Waals surface area contributed by atoms with E-state index in [0.29, 0.717) is 6.42 Å². The molecule has 7 heteroatoms. The van der Waals surface area contributed by atoms with Gasteiger partial charge in [-0.2, -0.15) is 22.0 Å². The van der Waals surface area contributed by atoms with Gasteiger partial charge in [0.25, 0.3) is 0 Å². The summed E-state index contributed by atoms with van der Waals surface area (Å²) < 4.78 is 60.2. The molecule has 1 amide bonds. The van der Waals surface area contributed by atoms with E-state index in [0.717, 1.165) is 0 Å². The Bertz CT molecular complexity index is 291. The van der Waals surface area contributed by atoms with E-state index < -0.39 is 24.0 Å². The number of carbonyl (C=O) groups is 1. The fourth-order valence-corrected chi connectivity index (χ4v) is 0.863. The highest BCUT2D eigenvalue weighted by atomic mass is 19.4. The van der Waals surface area contributed by atoms with E-state index in [1.807, 2.05) is 5.92 Å². The minimum Gasteiger partial charge on any atom is -0.337 e. The predicted octanol–water partition coefficient (Wildman–Crippen LogP) is 2.10. The molecule has 2 nitrogen and oxygen atoms in total. The molecule has 1 atom stereocenters. The number of terminal acetylenes is 1. The molecular weight excluding hydrogens is 233 g/mol. The number of alkyl halides is 5. The predicted molar refractivity (Wildman–Crippen MR) is 46.7 cm³/mol. The number of carbonyl (C=O) groups excluding carboxylic acids is 1. The van der Waals surface area contributed by atoms with Crippen molar-refractivity contribution in [3.8, 4) is 12.3 Å². The second-order valence-electron chi connectivity index (χ2n) is 3.05. The van der Waals surface area contributed by atoms with Crippen molar-refractivity contribution in [3.05, 3.63) is 0 Å². The lowest BCUT2D eigenvalue weighted by atomic mass is 10.1. The fourth-order valence-electron chi connectivity index (χ4n) is 0.863. The third-order valence-electron chi connectivity index (χ3n) is 1.73. The van der Waals surface area contributed by atoms with E-state index >= 15 is 0 Å². The molecule has 0 aliphatic carbocycles.